The Bertz CT molecular complexity index is 823. The first kappa shape index (κ1) is 21.3. The SMILES string of the molecule is CC[C@H](C)c1ccccc1NC(=O)[C@@H](C)OC(=O)Cc1ccc(Cl)c(Cl)c1. The molecule has 2 aromatic carbocycles. The number of nitrogens with one attached hydrogen (secondary N) is 1. The van der Waals surface area contributed by atoms with Crippen LogP contribution in [0.4, 0.5) is 5.69 Å². The Morgan fingerprint density at radius 3 is 2.44 bits per heavy atom. The van der Waals surface area contributed by atoms with Crippen LogP contribution in [0.25, 0.3) is 0 Å². The van der Waals surface area contributed by atoms with Crippen molar-refractivity contribution in [3.8, 4) is 0 Å². The molecule has 2 atom stereocenters. The molecule has 6 heteroatoms. The zero-order chi connectivity index (χ0) is 20.0. The van der Waals surface area contributed by atoms with Crippen molar-refractivity contribution in [1.82, 2.24) is 0 Å². The lowest BCUT2D eigenvalue weighted by molar-refractivity contribution is -0.152. The minimum Gasteiger partial charge on any atom is -0.452 e. The Morgan fingerprint density at radius 1 is 1.07 bits per heavy atom. The van der Waals surface area contributed by atoms with Crippen LogP contribution in [0.3, 0.4) is 0 Å². The normalized spacial score (nSPS) is 12.9. The van der Waals surface area contributed by atoms with Crippen molar-refractivity contribution in [3.63, 3.8) is 0 Å². The summed E-state index contributed by atoms with van der Waals surface area (Å²) in [6.07, 6.45) is 0.0595. The minimum absolute atomic E-state index is 0.0119. The summed E-state index contributed by atoms with van der Waals surface area (Å²) in [6, 6.07) is 12.6. The smallest absolute Gasteiger partial charge is 0.311 e. The number of ether oxygens (including phenoxy) is 1. The third kappa shape index (κ3) is 5.98. The summed E-state index contributed by atoms with van der Waals surface area (Å²) >= 11 is 11.8. The summed E-state index contributed by atoms with van der Waals surface area (Å²) in [5.41, 5.74) is 2.47. The van der Waals surface area contributed by atoms with Crippen LogP contribution in [0.1, 0.15) is 44.2 Å². The lowest BCUT2D eigenvalue weighted by atomic mass is 9.97. The highest BCUT2D eigenvalue weighted by molar-refractivity contribution is 6.42. The van der Waals surface area contributed by atoms with E-state index in [4.69, 9.17) is 27.9 Å². The quantitative estimate of drug-likeness (QED) is 0.605. The second-order valence-corrected chi connectivity index (χ2v) is 7.26. The number of para-hydroxylation sites is 1. The predicted molar refractivity (Wildman–Crippen MR) is 109 cm³/mol. The van der Waals surface area contributed by atoms with E-state index in [1.165, 1.54) is 0 Å². The Kier molecular flexibility index (Phi) is 7.69. The molecular weight excluding hydrogens is 385 g/mol. The molecule has 0 aromatic heterocycles. The number of esters is 1. The summed E-state index contributed by atoms with van der Waals surface area (Å²) in [7, 11) is 0. The Labute approximate surface area is 169 Å². The second kappa shape index (κ2) is 9.77. The van der Waals surface area contributed by atoms with E-state index in [0.717, 1.165) is 17.7 Å². The number of carbonyl (C=O) groups is 2. The fourth-order valence-electron chi connectivity index (χ4n) is 2.60. The van der Waals surface area contributed by atoms with E-state index in [1.807, 2.05) is 24.3 Å². The number of anilines is 1. The van der Waals surface area contributed by atoms with Gasteiger partial charge >= 0.3 is 5.97 Å². The molecule has 0 heterocycles. The second-order valence-electron chi connectivity index (χ2n) is 6.44. The third-order valence-electron chi connectivity index (χ3n) is 4.37. The van der Waals surface area contributed by atoms with Crippen molar-refractivity contribution in [1.29, 1.82) is 0 Å². The Hall–Kier alpha value is -2.04. The van der Waals surface area contributed by atoms with Gasteiger partial charge in [0.2, 0.25) is 0 Å². The van der Waals surface area contributed by atoms with E-state index in [9.17, 15) is 9.59 Å². The Balaban J connectivity index is 1.97. The van der Waals surface area contributed by atoms with Crippen molar-refractivity contribution < 1.29 is 14.3 Å². The molecule has 0 radical (unpaired) electrons. The number of carbonyl (C=O) groups excluding carboxylic acids is 2. The van der Waals surface area contributed by atoms with Crippen LogP contribution in [0.5, 0.6) is 0 Å². The molecule has 2 aromatic rings. The van der Waals surface area contributed by atoms with Gasteiger partial charge in [-0.25, -0.2) is 0 Å². The third-order valence-corrected chi connectivity index (χ3v) is 5.11. The van der Waals surface area contributed by atoms with Gasteiger partial charge in [-0.05, 0) is 48.6 Å². The molecular formula is C21H23Cl2NO3. The van der Waals surface area contributed by atoms with Gasteiger partial charge < -0.3 is 10.1 Å². The van der Waals surface area contributed by atoms with Crippen LogP contribution in [-0.2, 0) is 20.7 Å². The predicted octanol–water partition coefficient (Wildman–Crippen LogP) is 5.62. The Morgan fingerprint density at radius 2 is 1.78 bits per heavy atom. The molecule has 0 bridgehead atoms. The molecule has 4 nitrogen and oxygen atoms in total. The van der Waals surface area contributed by atoms with Gasteiger partial charge in [0.25, 0.3) is 5.91 Å². The standard InChI is InChI=1S/C21H23Cl2NO3/c1-4-13(2)16-7-5-6-8-19(16)24-21(26)14(3)27-20(25)12-15-9-10-17(22)18(23)11-15/h5-11,13-14H,4,12H2,1-3H3,(H,24,26)/t13-,14+/m0/s1. The van der Waals surface area contributed by atoms with Crippen LogP contribution in [0, 0.1) is 0 Å². The van der Waals surface area contributed by atoms with Crippen molar-refractivity contribution in [2.45, 2.75) is 45.6 Å². The maximum absolute atomic E-state index is 12.4. The molecule has 0 spiro atoms. The molecule has 0 saturated heterocycles. The van der Waals surface area contributed by atoms with Crippen molar-refractivity contribution in [3.05, 3.63) is 63.6 Å². The maximum atomic E-state index is 12.4. The summed E-state index contributed by atoms with van der Waals surface area (Å²) < 4.78 is 5.26. The average molecular weight is 408 g/mol. The summed E-state index contributed by atoms with van der Waals surface area (Å²) in [5.74, 6) is -0.562. The van der Waals surface area contributed by atoms with Crippen molar-refractivity contribution >= 4 is 40.8 Å². The zero-order valence-corrected chi connectivity index (χ0v) is 17.1. The summed E-state index contributed by atoms with van der Waals surface area (Å²) in [6.45, 7) is 5.75. The van der Waals surface area contributed by atoms with Crippen LogP contribution in [0.2, 0.25) is 10.0 Å². The monoisotopic (exact) mass is 407 g/mol. The van der Waals surface area contributed by atoms with Gasteiger partial charge in [0.05, 0.1) is 16.5 Å². The average Bonchev–Trinajstić information content (AvgIpc) is 2.64. The van der Waals surface area contributed by atoms with Gasteiger partial charge in [0.15, 0.2) is 6.10 Å². The van der Waals surface area contributed by atoms with E-state index in [-0.39, 0.29) is 12.3 Å². The molecule has 0 saturated carbocycles. The van der Waals surface area contributed by atoms with Gasteiger partial charge in [-0.3, -0.25) is 9.59 Å². The molecule has 1 N–H and O–H groups in total. The van der Waals surface area contributed by atoms with Crippen LogP contribution >= 0.6 is 23.2 Å². The topological polar surface area (TPSA) is 55.4 Å². The van der Waals surface area contributed by atoms with E-state index < -0.39 is 12.1 Å². The fourth-order valence-corrected chi connectivity index (χ4v) is 2.92. The first-order chi connectivity index (χ1) is 12.8. The lowest BCUT2D eigenvalue weighted by Crippen LogP contribution is -2.30. The molecule has 27 heavy (non-hydrogen) atoms. The summed E-state index contributed by atoms with van der Waals surface area (Å²) in [5, 5.41) is 3.64. The van der Waals surface area contributed by atoms with E-state index >= 15 is 0 Å². The van der Waals surface area contributed by atoms with Gasteiger partial charge in [-0.2, -0.15) is 0 Å². The molecule has 0 aliphatic heterocycles. The van der Waals surface area contributed by atoms with Gasteiger partial charge in [0, 0.05) is 5.69 Å². The fraction of sp³-hybridized carbons (Fsp3) is 0.333. The number of benzene rings is 2. The number of rotatable bonds is 7. The molecule has 0 aliphatic rings. The summed E-state index contributed by atoms with van der Waals surface area (Å²) in [4.78, 5) is 24.6. The molecule has 1 amide bonds. The highest BCUT2D eigenvalue weighted by Gasteiger charge is 2.20. The highest BCUT2D eigenvalue weighted by atomic mass is 35.5. The highest BCUT2D eigenvalue weighted by Crippen LogP contribution is 2.27. The molecule has 0 unspecified atom stereocenters. The minimum atomic E-state index is -0.912. The number of hydrogen-bond donors (Lipinski definition) is 1. The van der Waals surface area contributed by atoms with Crippen molar-refractivity contribution in [2.24, 2.45) is 0 Å². The van der Waals surface area contributed by atoms with Crippen LogP contribution < -0.4 is 5.32 Å². The zero-order valence-electron chi connectivity index (χ0n) is 15.6. The van der Waals surface area contributed by atoms with Gasteiger partial charge in [0.1, 0.15) is 0 Å². The van der Waals surface area contributed by atoms with Gasteiger partial charge in [-0.15, -0.1) is 0 Å². The number of halogens is 2. The maximum Gasteiger partial charge on any atom is 0.311 e. The molecule has 144 valence electrons. The van der Waals surface area contributed by atoms with Gasteiger partial charge in [-0.1, -0.05) is 61.3 Å². The van der Waals surface area contributed by atoms with Crippen LogP contribution in [0.15, 0.2) is 42.5 Å². The van der Waals surface area contributed by atoms with E-state index in [0.29, 0.717) is 21.5 Å². The molecule has 0 fully saturated rings. The first-order valence-corrected chi connectivity index (χ1v) is 9.60. The van der Waals surface area contributed by atoms with Crippen LogP contribution in [-0.4, -0.2) is 18.0 Å². The number of amides is 1. The molecule has 2 rings (SSSR count). The molecule has 0 aliphatic carbocycles. The van der Waals surface area contributed by atoms with E-state index in [2.05, 4.69) is 19.2 Å². The first-order valence-electron chi connectivity index (χ1n) is 8.85. The number of hydrogen-bond acceptors (Lipinski definition) is 3. The van der Waals surface area contributed by atoms with Crippen molar-refractivity contribution in [2.75, 3.05) is 5.32 Å². The lowest BCUT2D eigenvalue weighted by Gasteiger charge is -2.18. The largest absolute Gasteiger partial charge is 0.452 e. The van der Waals surface area contributed by atoms with E-state index in [1.54, 1.807) is 25.1 Å².